The lowest BCUT2D eigenvalue weighted by Gasteiger charge is -2.21. The van der Waals surface area contributed by atoms with Gasteiger partial charge in [-0.3, -0.25) is 4.79 Å². The summed E-state index contributed by atoms with van der Waals surface area (Å²) in [6, 6.07) is 0. The van der Waals surface area contributed by atoms with Crippen molar-refractivity contribution in [3.8, 4) is 0 Å². The molecule has 0 aromatic rings. The average molecular weight is 249 g/mol. The van der Waals surface area contributed by atoms with Gasteiger partial charge in [-0.2, -0.15) is 11.8 Å². The molecule has 0 aliphatic carbocycles. The van der Waals surface area contributed by atoms with Gasteiger partial charge in [-0.1, -0.05) is 0 Å². The molecule has 4 nitrogen and oxygen atoms in total. The van der Waals surface area contributed by atoms with E-state index in [1.165, 1.54) is 7.11 Å². The molecule has 0 N–H and O–H groups in total. The Kier molecular flexibility index (Phi) is 11.0. The van der Waals surface area contributed by atoms with Gasteiger partial charge in [0, 0.05) is 20.2 Å². The molecule has 0 amide bonds. The Balaban J connectivity index is 3.75. The van der Waals surface area contributed by atoms with Crippen LogP contribution in [0.1, 0.15) is 12.8 Å². The molecule has 0 heterocycles. The number of rotatable bonds is 10. The maximum Gasteiger partial charge on any atom is 0.306 e. The van der Waals surface area contributed by atoms with E-state index in [-0.39, 0.29) is 5.97 Å². The van der Waals surface area contributed by atoms with Gasteiger partial charge in [-0.15, -0.1) is 0 Å². The number of hydrogen-bond donors (Lipinski definition) is 0. The highest BCUT2D eigenvalue weighted by atomic mass is 32.2. The van der Waals surface area contributed by atoms with Crippen LogP contribution in [-0.4, -0.2) is 63.3 Å². The smallest absolute Gasteiger partial charge is 0.306 e. The molecule has 0 saturated heterocycles. The molecule has 0 spiro atoms. The first kappa shape index (κ1) is 15.7. The van der Waals surface area contributed by atoms with Crippen LogP contribution in [-0.2, 0) is 14.3 Å². The quantitative estimate of drug-likeness (QED) is 0.430. The molecule has 0 aromatic heterocycles. The monoisotopic (exact) mass is 249 g/mol. The van der Waals surface area contributed by atoms with Crippen molar-refractivity contribution in [2.75, 3.05) is 52.5 Å². The highest BCUT2D eigenvalue weighted by Gasteiger charge is 2.07. The van der Waals surface area contributed by atoms with Crippen LogP contribution in [0, 0.1) is 0 Å². The second-order valence-corrected chi connectivity index (χ2v) is 4.49. The highest BCUT2D eigenvalue weighted by molar-refractivity contribution is 7.98. The highest BCUT2D eigenvalue weighted by Crippen LogP contribution is 2.00. The van der Waals surface area contributed by atoms with Crippen LogP contribution in [0.3, 0.4) is 0 Å². The Morgan fingerprint density at radius 1 is 1.25 bits per heavy atom. The van der Waals surface area contributed by atoms with E-state index in [1.54, 1.807) is 7.11 Å². The summed E-state index contributed by atoms with van der Waals surface area (Å²) in [6.45, 7) is 3.36. The summed E-state index contributed by atoms with van der Waals surface area (Å²) in [4.78, 5) is 13.3. The van der Waals surface area contributed by atoms with Crippen molar-refractivity contribution in [3.05, 3.63) is 0 Å². The van der Waals surface area contributed by atoms with Gasteiger partial charge in [0.1, 0.15) is 0 Å². The first-order chi connectivity index (χ1) is 7.74. The average Bonchev–Trinajstić information content (AvgIpc) is 2.31. The Morgan fingerprint density at radius 2 is 2.00 bits per heavy atom. The number of nitrogens with zero attached hydrogens (tertiary/aromatic N) is 1. The number of carbonyl (C=O) groups is 1. The van der Waals surface area contributed by atoms with E-state index in [1.807, 2.05) is 11.8 Å². The zero-order valence-corrected chi connectivity index (χ0v) is 11.3. The predicted molar refractivity (Wildman–Crippen MR) is 67.9 cm³/mol. The first-order valence-corrected chi connectivity index (χ1v) is 6.91. The van der Waals surface area contributed by atoms with Gasteiger partial charge >= 0.3 is 5.97 Å². The Bertz CT molecular complexity index is 179. The minimum Gasteiger partial charge on any atom is -0.469 e. The van der Waals surface area contributed by atoms with E-state index >= 15 is 0 Å². The number of methoxy groups -OCH3 is 2. The van der Waals surface area contributed by atoms with E-state index in [4.69, 9.17) is 4.74 Å². The fraction of sp³-hybridized carbons (Fsp3) is 0.909. The fourth-order valence-electron chi connectivity index (χ4n) is 1.34. The molecule has 0 bridgehead atoms. The van der Waals surface area contributed by atoms with E-state index in [0.29, 0.717) is 13.0 Å². The number of ether oxygens (including phenoxy) is 2. The van der Waals surface area contributed by atoms with Crippen LogP contribution in [0.5, 0.6) is 0 Å². The minimum absolute atomic E-state index is 0.146. The molecule has 0 atom stereocenters. The molecule has 96 valence electrons. The molecular weight excluding hydrogens is 226 g/mol. The van der Waals surface area contributed by atoms with Crippen LogP contribution in [0.2, 0.25) is 0 Å². The SMILES string of the molecule is COCCN(CCCSC)CCC(=O)OC. The molecule has 5 heteroatoms. The van der Waals surface area contributed by atoms with Gasteiger partial charge < -0.3 is 14.4 Å². The van der Waals surface area contributed by atoms with Gasteiger partial charge in [0.15, 0.2) is 0 Å². The summed E-state index contributed by atoms with van der Waals surface area (Å²) >= 11 is 1.85. The molecular formula is C11H23NO3S. The van der Waals surface area contributed by atoms with Crippen molar-refractivity contribution in [1.82, 2.24) is 4.90 Å². The van der Waals surface area contributed by atoms with E-state index in [9.17, 15) is 4.79 Å². The Morgan fingerprint density at radius 3 is 2.56 bits per heavy atom. The normalized spacial score (nSPS) is 10.8. The number of thioether (sulfide) groups is 1. The van der Waals surface area contributed by atoms with Crippen molar-refractivity contribution in [2.45, 2.75) is 12.8 Å². The van der Waals surface area contributed by atoms with Gasteiger partial charge in [0.05, 0.1) is 20.1 Å². The molecule has 0 aliphatic heterocycles. The van der Waals surface area contributed by atoms with Crippen molar-refractivity contribution < 1.29 is 14.3 Å². The maximum absolute atomic E-state index is 11.0. The standard InChI is InChI=1S/C11H23NO3S/c1-14-9-8-12(6-4-10-16-3)7-5-11(13)15-2/h4-10H2,1-3H3. The van der Waals surface area contributed by atoms with Crippen LogP contribution in [0.4, 0.5) is 0 Å². The van der Waals surface area contributed by atoms with Crippen LogP contribution >= 0.6 is 11.8 Å². The predicted octanol–water partition coefficient (Wildman–Crippen LogP) is 1.25. The zero-order chi connectivity index (χ0) is 12.2. The van der Waals surface area contributed by atoms with Crippen LogP contribution in [0.25, 0.3) is 0 Å². The third-order valence-corrected chi connectivity index (χ3v) is 2.99. The molecule has 0 fully saturated rings. The molecule has 0 radical (unpaired) electrons. The summed E-state index contributed by atoms with van der Waals surface area (Å²) in [5.41, 5.74) is 0. The second kappa shape index (κ2) is 11.2. The maximum atomic E-state index is 11.0. The molecule has 16 heavy (non-hydrogen) atoms. The molecule has 0 unspecified atom stereocenters. The molecule has 0 aromatic carbocycles. The lowest BCUT2D eigenvalue weighted by atomic mass is 10.3. The van der Waals surface area contributed by atoms with Gasteiger partial charge in [-0.25, -0.2) is 0 Å². The van der Waals surface area contributed by atoms with Crippen molar-refractivity contribution in [2.24, 2.45) is 0 Å². The first-order valence-electron chi connectivity index (χ1n) is 5.51. The topological polar surface area (TPSA) is 38.8 Å². The number of esters is 1. The Hall–Kier alpha value is -0.260. The van der Waals surface area contributed by atoms with Crippen molar-refractivity contribution >= 4 is 17.7 Å². The Labute approximate surface area is 103 Å². The van der Waals surface area contributed by atoms with E-state index in [2.05, 4.69) is 15.9 Å². The molecule has 0 saturated carbocycles. The summed E-state index contributed by atoms with van der Waals surface area (Å²) < 4.78 is 9.68. The number of carbonyl (C=O) groups excluding carboxylic acids is 1. The lowest BCUT2D eigenvalue weighted by molar-refractivity contribution is -0.141. The second-order valence-electron chi connectivity index (χ2n) is 3.51. The zero-order valence-electron chi connectivity index (χ0n) is 10.5. The third-order valence-electron chi connectivity index (χ3n) is 2.29. The summed E-state index contributed by atoms with van der Waals surface area (Å²) in [7, 11) is 3.12. The number of hydrogen-bond acceptors (Lipinski definition) is 5. The summed E-state index contributed by atoms with van der Waals surface area (Å²) in [5, 5.41) is 0. The third kappa shape index (κ3) is 9.00. The van der Waals surface area contributed by atoms with Gasteiger partial charge in [0.25, 0.3) is 0 Å². The van der Waals surface area contributed by atoms with Crippen LogP contribution < -0.4 is 0 Å². The minimum atomic E-state index is -0.146. The van der Waals surface area contributed by atoms with Gasteiger partial charge in [-0.05, 0) is 25.0 Å². The molecule has 0 rings (SSSR count). The van der Waals surface area contributed by atoms with Crippen LogP contribution in [0.15, 0.2) is 0 Å². The summed E-state index contributed by atoms with van der Waals surface area (Å²) in [5.74, 6) is 1.01. The lowest BCUT2D eigenvalue weighted by Crippen LogP contribution is -2.31. The van der Waals surface area contributed by atoms with Crippen molar-refractivity contribution in [3.63, 3.8) is 0 Å². The van der Waals surface area contributed by atoms with Crippen molar-refractivity contribution in [1.29, 1.82) is 0 Å². The van der Waals surface area contributed by atoms with E-state index in [0.717, 1.165) is 31.8 Å². The fourth-order valence-corrected chi connectivity index (χ4v) is 1.76. The largest absolute Gasteiger partial charge is 0.469 e. The van der Waals surface area contributed by atoms with Gasteiger partial charge in [0.2, 0.25) is 0 Å². The van der Waals surface area contributed by atoms with E-state index < -0.39 is 0 Å². The summed E-state index contributed by atoms with van der Waals surface area (Å²) in [6.07, 6.45) is 3.71. The molecule has 0 aliphatic rings.